The lowest BCUT2D eigenvalue weighted by molar-refractivity contribution is 0.597. The molecule has 8 heteroatoms. The van der Waals surface area contributed by atoms with Crippen molar-refractivity contribution in [1.82, 2.24) is 9.97 Å². The van der Waals surface area contributed by atoms with Crippen LogP contribution in [-0.2, 0) is 9.84 Å². The zero-order chi connectivity index (χ0) is 15.5. The maximum absolute atomic E-state index is 12.1. The Bertz CT molecular complexity index is 750. The lowest BCUT2D eigenvalue weighted by atomic mass is 10.3. The van der Waals surface area contributed by atoms with Crippen LogP contribution in [0.5, 0.6) is 0 Å². The molecule has 2 N–H and O–H groups in total. The maximum atomic E-state index is 12.1. The fourth-order valence-electron chi connectivity index (χ4n) is 1.70. The predicted molar refractivity (Wildman–Crippen MR) is 84.0 cm³/mol. The van der Waals surface area contributed by atoms with E-state index in [1.165, 1.54) is 6.20 Å². The molecule has 0 saturated heterocycles. The zero-order valence-electron chi connectivity index (χ0n) is 11.6. The Labute approximate surface area is 128 Å². The third kappa shape index (κ3) is 3.43. The van der Waals surface area contributed by atoms with Gasteiger partial charge in [-0.1, -0.05) is 30.7 Å². The minimum absolute atomic E-state index is 0.0188. The predicted octanol–water partition coefficient (Wildman–Crippen LogP) is 2.71. The first kappa shape index (κ1) is 15.5. The highest BCUT2D eigenvalue weighted by Crippen LogP contribution is 2.28. The standard InChI is InChI=1S/C13H15ClN4O2S/c1-3-21(19,20)11-7-5-4-6-10(11)17-12-9(14)8-16-13(15-2)18-12/h4-8H,3H2,1-2H3,(H2,15,16,17,18). The summed E-state index contributed by atoms with van der Waals surface area (Å²) in [4.78, 5) is 8.36. The number of hydrogen-bond donors (Lipinski definition) is 2. The second-order valence-electron chi connectivity index (χ2n) is 4.16. The van der Waals surface area contributed by atoms with Gasteiger partial charge < -0.3 is 10.6 Å². The average Bonchev–Trinajstić information content (AvgIpc) is 2.50. The van der Waals surface area contributed by atoms with E-state index in [1.54, 1.807) is 38.2 Å². The Kier molecular flexibility index (Phi) is 4.64. The van der Waals surface area contributed by atoms with Gasteiger partial charge in [0.15, 0.2) is 15.7 Å². The molecule has 0 spiro atoms. The number of nitrogens with one attached hydrogen (secondary N) is 2. The first-order valence-electron chi connectivity index (χ1n) is 6.27. The van der Waals surface area contributed by atoms with E-state index in [0.717, 1.165) is 0 Å². The van der Waals surface area contributed by atoms with Gasteiger partial charge in [0.05, 0.1) is 22.5 Å². The van der Waals surface area contributed by atoms with Crippen molar-refractivity contribution in [2.75, 3.05) is 23.4 Å². The molecule has 1 aromatic heterocycles. The third-order valence-corrected chi connectivity index (χ3v) is 4.89. The molecule has 1 aromatic carbocycles. The van der Waals surface area contributed by atoms with Crippen LogP contribution in [0.4, 0.5) is 17.5 Å². The lowest BCUT2D eigenvalue weighted by Crippen LogP contribution is -2.08. The molecule has 0 amide bonds. The van der Waals surface area contributed by atoms with Gasteiger partial charge in [-0.15, -0.1) is 0 Å². The van der Waals surface area contributed by atoms with E-state index in [0.29, 0.717) is 22.5 Å². The summed E-state index contributed by atoms with van der Waals surface area (Å²) in [5.74, 6) is 0.748. The van der Waals surface area contributed by atoms with Crippen LogP contribution in [0.1, 0.15) is 6.92 Å². The minimum atomic E-state index is -3.34. The monoisotopic (exact) mass is 326 g/mol. The summed E-state index contributed by atoms with van der Waals surface area (Å²) < 4.78 is 24.2. The van der Waals surface area contributed by atoms with E-state index in [-0.39, 0.29) is 10.6 Å². The number of sulfone groups is 1. The Morgan fingerprint density at radius 2 is 2.00 bits per heavy atom. The van der Waals surface area contributed by atoms with Gasteiger partial charge in [0.2, 0.25) is 5.95 Å². The van der Waals surface area contributed by atoms with Crippen molar-refractivity contribution in [2.45, 2.75) is 11.8 Å². The summed E-state index contributed by atoms with van der Waals surface area (Å²) in [6.45, 7) is 1.60. The van der Waals surface area contributed by atoms with Crippen LogP contribution in [0.25, 0.3) is 0 Å². The van der Waals surface area contributed by atoms with Crippen LogP contribution in [0.2, 0.25) is 5.02 Å². The smallest absolute Gasteiger partial charge is 0.224 e. The fourth-order valence-corrected chi connectivity index (χ4v) is 2.89. The molecule has 0 unspecified atom stereocenters. The second kappa shape index (κ2) is 6.28. The first-order chi connectivity index (χ1) is 9.97. The molecule has 2 rings (SSSR count). The number of rotatable bonds is 5. The largest absolute Gasteiger partial charge is 0.357 e. The summed E-state index contributed by atoms with van der Waals surface area (Å²) in [5, 5.41) is 6.05. The highest BCUT2D eigenvalue weighted by Gasteiger charge is 2.17. The normalized spacial score (nSPS) is 11.2. The number of anilines is 3. The van der Waals surface area contributed by atoms with Gasteiger partial charge in [-0.3, -0.25) is 0 Å². The first-order valence-corrected chi connectivity index (χ1v) is 8.30. The molecule has 1 heterocycles. The highest BCUT2D eigenvalue weighted by molar-refractivity contribution is 7.91. The van der Waals surface area contributed by atoms with Crippen LogP contribution in [0.3, 0.4) is 0 Å². The van der Waals surface area contributed by atoms with Gasteiger partial charge in [0.25, 0.3) is 0 Å². The average molecular weight is 327 g/mol. The van der Waals surface area contributed by atoms with Gasteiger partial charge in [0.1, 0.15) is 5.02 Å². The summed E-state index contributed by atoms with van der Waals surface area (Å²) in [5.41, 5.74) is 0.432. The molecule has 6 nitrogen and oxygen atoms in total. The summed E-state index contributed by atoms with van der Waals surface area (Å²) in [6, 6.07) is 6.63. The number of nitrogens with zero attached hydrogens (tertiary/aromatic N) is 2. The summed E-state index contributed by atoms with van der Waals surface area (Å²) in [7, 11) is -1.66. The quantitative estimate of drug-likeness (QED) is 0.879. The molecule has 112 valence electrons. The van der Waals surface area contributed by atoms with E-state index in [9.17, 15) is 8.42 Å². The number of aromatic nitrogens is 2. The Balaban J connectivity index is 2.46. The van der Waals surface area contributed by atoms with Crippen LogP contribution in [0.15, 0.2) is 35.4 Å². The van der Waals surface area contributed by atoms with Crippen LogP contribution in [-0.4, -0.2) is 31.2 Å². The lowest BCUT2D eigenvalue weighted by Gasteiger charge is -2.12. The number of benzene rings is 1. The van der Waals surface area contributed by atoms with E-state index < -0.39 is 9.84 Å². The number of para-hydroxylation sites is 1. The van der Waals surface area contributed by atoms with E-state index in [2.05, 4.69) is 20.6 Å². The highest BCUT2D eigenvalue weighted by atomic mass is 35.5. The fraction of sp³-hybridized carbons (Fsp3) is 0.231. The molecule has 0 aliphatic heterocycles. The van der Waals surface area contributed by atoms with Gasteiger partial charge in [0, 0.05) is 7.05 Å². The van der Waals surface area contributed by atoms with Crippen LogP contribution < -0.4 is 10.6 Å². The molecule has 0 fully saturated rings. The Hall–Kier alpha value is -1.86. The molecular formula is C13H15ClN4O2S. The third-order valence-electron chi connectivity index (χ3n) is 2.82. The van der Waals surface area contributed by atoms with Crippen molar-refractivity contribution < 1.29 is 8.42 Å². The summed E-state index contributed by atoms with van der Waals surface area (Å²) in [6.07, 6.45) is 1.44. The SMILES string of the molecule is CCS(=O)(=O)c1ccccc1Nc1nc(NC)ncc1Cl. The molecule has 21 heavy (non-hydrogen) atoms. The number of halogens is 1. The van der Waals surface area contributed by atoms with Crippen molar-refractivity contribution in [1.29, 1.82) is 0 Å². The molecule has 0 saturated carbocycles. The maximum Gasteiger partial charge on any atom is 0.224 e. The Morgan fingerprint density at radius 1 is 1.29 bits per heavy atom. The van der Waals surface area contributed by atoms with Crippen molar-refractivity contribution in [2.24, 2.45) is 0 Å². The van der Waals surface area contributed by atoms with Crippen molar-refractivity contribution in [3.05, 3.63) is 35.5 Å². The molecule has 0 radical (unpaired) electrons. The van der Waals surface area contributed by atoms with Gasteiger partial charge >= 0.3 is 0 Å². The van der Waals surface area contributed by atoms with Crippen LogP contribution >= 0.6 is 11.6 Å². The van der Waals surface area contributed by atoms with Gasteiger partial charge in [-0.2, -0.15) is 4.98 Å². The minimum Gasteiger partial charge on any atom is -0.357 e. The van der Waals surface area contributed by atoms with Crippen molar-refractivity contribution in [3.8, 4) is 0 Å². The van der Waals surface area contributed by atoms with Gasteiger partial charge in [-0.25, -0.2) is 13.4 Å². The van der Waals surface area contributed by atoms with E-state index >= 15 is 0 Å². The van der Waals surface area contributed by atoms with Crippen molar-refractivity contribution in [3.63, 3.8) is 0 Å². The summed E-state index contributed by atoms with van der Waals surface area (Å²) >= 11 is 6.04. The molecule has 0 bridgehead atoms. The molecule has 0 aliphatic rings. The molecule has 0 atom stereocenters. The Morgan fingerprint density at radius 3 is 2.67 bits per heavy atom. The second-order valence-corrected chi connectivity index (χ2v) is 6.82. The van der Waals surface area contributed by atoms with E-state index in [4.69, 9.17) is 11.6 Å². The molecule has 0 aliphatic carbocycles. The molecular weight excluding hydrogens is 312 g/mol. The molecule has 2 aromatic rings. The number of hydrogen-bond acceptors (Lipinski definition) is 6. The van der Waals surface area contributed by atoms with E-state index in [1.807, 2.05) is 0 Å². The van der Waals surface area contributed by atoms with Crippen LogP contribution in [0, 0.1) is 0 Å². The topological polar surface area (TPSA) is 84.0 Å². The van der Waals surface area contributed by atoms with Gasteiger partial charge in [-0.05, 0) is 12.1 Å². The van der Waals surface area contributed by atoms with Crippen molar-refractivity contribution >= 4 is 38.9 Å². The zero-order valence-corrected chi connectivity index (χ0v) is 13.2.